The van der Waals surface area contributed by atoms with Crippen LogP contribution in [0.15, 0.2) is 164 Å². The van der Waals surface area contributed by atoms with Gasteiger partial charge in [0.2, 0.25) is 0 Å². The molecule has 8 aromatic rings. The zero-order valence-electron chi connectivity index (χ0n) is 25.2. The van der Waals surface area contributed by atoms with Crippen molar-refractivity contribution in [3.05, 3.63) is 176 Å². The minimum Gasteiger partial charge on any atom is -0.313 e. The summed E-state index contributed by atoms with van der Waals surface area (Å²) in [4.78, 5) is 0. The fourth-order valence-electron chi connectivity index (χ4n) is 6.79. The fraction of sp³-hybridized carbons (Fsp3) is 0.0233. The van der Waals surface area contributed by atoms with E-state index in [0.717, 1.165) is 5.69 Å². The third-order valence-corrected chi connectivity index (χ3v) is 8.88. The molecule has 0 spiro atoms. The lowest BCUT2D eigenvalue weighted by molar-refractivity contribution is 1.05. The Hall–Kier alpha value is -5.86. The SMILES string of the molecule is C=C/C=C\c1c(C)n(-c2cccc(-c3ccccc3)c2)c2cc(-c3ccc4c(c3)c3ccccc3n4-c3ccccc3)ccc12. The van der Waals surface area contributed by atoms with Crippen LogP contribution in [0.4, 0.5) is 0 Å². The van der Waals surface area contributed by atoms with Gasteiger partial charge in [-0.05, 0) is 77.7 Å². The van der Waals surface area contributed by atoms with Crippen LogP contribution in [0.5, 0.6) is 0 Å². The smallest absolute Gasteiger partial charge is 0.0543 e. The van der Waals surface area contributed by atoms with Crippen LogP contribution in [-0.4, -0.2) is 9.13 Å². The van der Waals surface area contributed by atoms with Crippen molar-refractivity contribution in [3.8, 4) is 33.6 Å². The monoisotopic (exact) mass is 576 g/mol. The summed E-state index contributed by atoms with van der Waals surface area (Å²) in [6, 6.07) is 52.5. The summed E-state index contributed by atoms with van der Waals surface area (Å²) < 4.78 is 4.76. The number of benzene rings is 6. The number of allylic oxidation sites excluding steroid dienone is 2. The summed E-state index contributed by atoms with van der Waals surface area (Å²) in [5.74, 6) is 0. The standard InChI is InChI=1S/C43H32N2/c1-3-4-20-37-30(2)44(36-19-13-16-32(27-36)31-14-7-5-8-15-31)43-29-34(23-25-39(37)43)33-24-26-42-40(28-33)38-21-11-12-22-41(38)45(42)35-17-9-6-10-18-35/h3-29H,1H2,2H3/b20-4-. The van der Waals surface area contributed by atoms with E-state index in [-0.39, 0.29) is 0 Å². The van der Waals surface area contributed by atoms with Crippen LogP contribution in [0.1, 0.15) is 11.3 Å². The number of para-hydroxylation sites is 2. The zero-order chi connectivity index (χ0) is 30.3. The second kappa shape index (κ2) is 11.0. The van der Waals surface area contributed by atoms with Crippen molar-refractivity contribution >= 4 is 38.8 Å². The van der Waals surface area contributed by atoms with Gasteiger partial charge in [0.1, 0.15) is 0 Å². The molecule has 8 rings (SSSR count). The molecule has 0 saturated heterocycles. The van der Waals surface area contributed by atoms with Crippen LogP contribution in [0.25, 0.3) is 72.4 Å². The minimum atomic E-state index is 1.15. The number of hydrogen-bond donors (Lipinski definition) is 0. The van der Waals surface area contributed by atoms with E-state index < -0.39 is 0 Å². The van der Waals surface area contributed by atoms with Crippen LogP contribution in [0, 0.1) is 6.92 Å². The average molecular weight is 577 g/mol. The fourth-order valence-corrected chi connectivity index (χ4v) is 6.79. The molecule has 2 nitrogen and oxygen atoms in total. The van der Waals surface area contributed by atoms with E-state index in [4.69, 9.17) is 0 Å². The maximum atomic E-state index is 3.92. The van der Waals surface area contributed by atoms with E-state index in [2.05, 4.69) is 174 Å². The maximum Gasteiger partial charge on any atom is 0.0543 e. The summed E-state index contributed by atoms with van der Waals surface area (Å²) in [5, 5.41) is 3.73. The highest BCUT2D eigenvalue weighted by Crippen LogP contribution is 2.38. The third-order valence-electron chi connectivity index (χ3n) is 8.88. The molecule has 0 atom stereocenters. The molecule has 0 N–H and O–H groups in total. The molecule has 0 amide bonds. The molecule has 0 bridgehead atoms. The molecule has 0 radical (unpaired) electrons. The Bertz CT molecular complexity index is 2380. The number of nitrogens with zero attached hydrogens (tertiary/aromatic N) is 2. The Balaban J connectivity index is 1.33. The summed E-state index contributed by atoms with van der Waals surface area (Å²) in [7, 11) is 0. The lowest BCUT2D eigenvalue weighted by Gasteiger charge is -2.12. The molecule has 0 fully saturated rings. The van der Waals surface area contributed by atoms with E-state index in [1.54, 1.807) is 0 Å². The molecule has 0 saturated carbocycles. The predicted octanol–water partition coefficient (Wildman–Crippen LogP) is 11.6. The third kappa shape index (κ3) is 4.51. The highest BCUT2D eigenvalue weighted by Gasteiger charge is 2.17. The van der Waals surface area contributed by atoms with E-state index >= 15 is 0 Å². The van der Waals surface area contributed by atoms with Gasteiger partial charge in [-0.15, -0.1) is 0 Å². The first-order chi connectivity index (χ1) is 22.2. The Morgan fingerprint density at radius 1 is 0.467 bits per heavy atom. The quantitative estimate of drug-likeness (QED) is 0.174. The van der Waals surface area contributed by atoms with Gasteiger partial charge in [-0.1, -0.05) is 122 Å². The van der Waals surface area contributed by atoms with Crippen molar-refractivity contribution < 1.29 is 0 Å². The van der Waals surface area contributed by atoms with Gasteiger partial charge in [-0.3, -0.25) is 0 Å². The highest BCUT2D eigenvalue weighted by molar-refractivity contribution is 6.10. The number of rotatable bonds is 6. The second-order valence-corrected chi connectivity index (χ2v) is 11.5. The molecule has 0 unspecified atom stereocenters. The van der Waals surface area contributed by atoms with Gasteiger partial charge in [-0.2, -0.15) is 0 Å². The summed E-state index contributed by atoms with van der Waals surface area (Å²) in [5.41, 5.74) is 13.1. The molecule has 0 aliphatic carbocycles. The lowest BCUT2D eigenvalue weighted by Crippen LogP contribution is -1.97. The molecule has 2 heterocycles. The Morgan fingerprint density at radius 2 is 1.11 bits per heavy atom. The van der Waals surface area contributed by atoms with Gasteiger partial charge in [0.15, 0.2) is 0 Å². The molecule has 2 heteroatoms. The Labute approximate surface area is 263 Å². The van der Waals surface area contributed by atoms with Gasteiger partial charge in [0.25, 0.3) is 0 Å². The summed E-state index contributed by atoms with van der Waals surface area (Å²) in [6.07, 6.45) is 6.04. The minimum absolute atomic E-state index is 1.15. The first-order valence-corrected chi connectivity index (χ1v) is 15.4. The first-order valence-electron chi connectivity index (χ1n) is 15.4. The van der Waals surface area contributed by atoms with Crippen molar-refractivity contribution in [3.63, 3.8) is 0 Å². The van der Waals surface area contributed by atoms with Crippen molar-refractivity contribution in [1.82, 2.24) is 9.13 Å². The topological polar surface area (TPSA) is 9.86 Å². The highest BCUT2D eigenvalue weighted by atomic mass is 15.0. The summed E-state index contributed by atoms with van der Waals surface area (Å²) in [6.45, 7) is 6.13. The average Bonchev–Trinajstić information content (AvgIpc) is 3.58. The van der Waals surface area contributed by atoms with E-state index in [0.29, 0.717) is 0 Å². The summed E-state index contributed by atoms with van der Waals surface area (Å²) >= 11 is 0. The van der Waals surface area contributed by atoms with E-state index in [9.17, 15) is 0 Å². The molecule has 214 valence electrons. The molecule has 0 aliphatic heterocycles. The van der Waals surface area contributed by atoms with Gasteiger partial charge in [-0.25, -0.2) is 0 Å². The van der Waals surface area contributed by atoms with E-state index in [1.807, 2.05) is 12.2 Å². The lowest BCUT2D eigenvalue weighted by atomic mass is 10.0. The van der Waals surface area contributed by atoms with Gasteiger partial charge in [0.05, 0.1) is 16.6 Å². The predicted molar refractivity (Wildman–Crippen MR) is 192 cm³/mol. The van der Waals surface area contributed by atoms with Crippen LogP contribution in [0.3, 0.4) is 0 Å². The van der Waals surface area contributed by atoms with Crippen molar-refractivity contribution in [2.24, 2.45) is 0 Å². The molecule has 6 aromatic carbocycles. The van der Waals surface area contributed by atoms with Crippen LogP contribution in [-0.2, 0) is 0 Å². The van der Waals surface area contributed by atoms with Gasteiger partial charge < -0.3 is 9.13 Å². The zero-order valence-corrected chi connectivity index (χ0v) is 25.2. The molecule has 2 aromatic heterocycles. The van der Waals surface area contributed by atoms with Crippen LogP contribution >= 0.6 is 0 Å². The Morgan fingerprint density at radius 3 is 1.93 bits per heavy atom. The van der Waals surface area contributed by atoms with Crippen LogP contribution in [0.2, 0.25) is 0 Å². The van der Waals surface area contributed by atoms with Crippen LogP contribution < -0.4 is 0 Å². The largest absolute Gasteiger partial charge is 0.313 e. The number of hydrogen-bond acceptors (Lipinski definition) is 0. The maximum absolute atomic E-state index is 3.92. The number of aromatic nitrogens is 2. The van der Waals surface area contributed by atoms with E-state index in [1.165, 1.54) is 71.9 Å². The number of fused-ring (bicyclic) bond motifs is 4. The van der Waals surface area contributed by atoms with Crippen molar-refractivity contribution in [2.75, 3.05) is 0 Å². The van der Waals surface area contributed by atoms with Crippen molar-refractivity contribution in [1.29, 1.82) is 0 Å². The molecular formula is C43H32N2. The molecule has 0 aliphatic rings. The second-order valence-electron chi connectivity index (χ2n) is 11.5. The van der Waals surface area contributed by atoms with Gasteiger partial charge >= 0.3 is 0 Å². The van der Waals surface area contributed by atoms with Crippen molar-refractivity contribution in [2.45, 2.75) is 6.92 Å². The molecule has 45 heavy (non-hydrogen) atoms. The normalized spacial score (nSPS) is 11.7. The molecular weight excluding hydrogens is 544 g/mol. The Kier molecular flexibility index (Phi) is 6.54. The first kappa shape index (κ1) is 26.7. The van der Waals surface area contributed by atoms with Gasteiger partial charge in [0, 0.05) is 38.8 Å².